The first-order valence-corrected chi connectivity index (χ1v) is 9.48. The molecule has 5 nitrogen and oxygen atoms in total. The van der Waals surface area contributed by atoms with Gasteiger partial charge in [-0.25, -0.2) is 0 Å². The van der Waals surface area contributed by atoms with Gasteiger partial charge < -0.3 is 9.42 Å². The van der Waals surface area contributed by atoms with Gasteiger partial charge in [0.1, 0.15) is 0 Å². The largest absolute Gasteiger partial charge is 0.342 e. The minimum Gasteiger partial charge on any atom is -0.342 e. The number of benzene rings is 2. The Hall–Kier alpha value is -2.66. The number of hydrogen-bond donors (Lipinski definition) is 0. The van der Waals surface area contributed by atoms with Gasteiger partial charge in [-0.2, -0.15) is 4.98 Å². The van der Waals surface area contributed by atoms with Gasteiger partial charge in [-0.1, -0.05) is 47.1 Å². The monoisotopic (exact) mass is 381 g/mol. The third-order valence-corrected chi connectivity index (χ3v) is 5.10. The molecule has 1 saturated heterocycles. The highest BCUT2D eigenvalue weighted by atomic mass is 35.5. The predicted octanol–water partition coefficient (Wildman–Crippen LogP) is 4.34. The number of aromatic nitrogens is 2. The van der Waals surface area contributed by atoms with Crippen LogP contribution >= 0.6 is 11.6 Å². The van der Waals surface area contributed by atoms with Crippen molar-refractivity contribution in [3.63, 3.8) is 0 Å². The molecule has 1 fully saturated rings. The zero-order valence-electron chi connectivity index (χ0n) is 14.8. The lowest BCUT2D eigenvalue weighted by Crippen LogP contribution is -2.26. The van der Waals surface area contributed by atoms with Gasteiger partial charge in [0.15, 0.2) is 0 Å². The highest BCUT2D eigenvalue weighted by Gasteiger charge is 2.34. The van der Waals surface area contributed by atoms with Crippen molar-refractivity contribution in [1.29, 1.82) is 0 Å². The van der Waals surface area contributed by atoms with Gasteiger partial charge in [-0.15, -0.1) is 0 Å². The van der Waals surface area contributed by atoms with E-state index in [1.54, 1.807) is 12.1 Å². The SMILES string of the molecule is O=C1CC(c2nc(-c3ccc(Cl)cc3)no2)CN1CCCc1ccccc1. The van der Waals surface area contributed by atoms with Crippen molar-refractivity contribution in [2.75, 3.05) is 13.1 Å². The van der Waals surface area contributed by atoms with Crippen LogP contribution in [-0.2, 0) is 11.2 Å². The molecular weight excluding hydrogens is 362 g/mol. The number of rotatable bonds is 6. The summed E-state index contributed by atoms with van der Waals surface area (Å²) >= 11 is 5.91. The van der Waals surface area contributed by atoms with Crippen LogP contribution in [0.15, 0.2) is 59.1 Å². The quantitative estimate of drug-likeness (QED) is 0.637. The lowest BCUT2D eigenvalue weighted by atomic mass is 10.1. The van der Waals surface area contributed by atoms with Gasteiger partial charge in [-0.3, -0.25) is 4.79 Å². The van der Waals surface area contributed by atoms with Crippen molar-refractivity contribution in [2.24, 2.45) is 0 Å². The minimum absolute atomic E-state index is 0.0391. The van der Waals surface area contributed by atoms with E-state index in [0.717, 1.165) is 24.9 Å². The van der Waals surface area contributed by atoms with Crippen LogP contribution in [0.2, 0.25) is 5.02 Å². The Morgan fingerprint density at radius 2 is 1.89 bits per heavy atom. The lowest BCUT2D eigenvalue weighted by Gasteiger charge is -2.15. The first-order valence-electron chi connectivity index (χ1n) is 9.10. The smallest absolute Gasteiger partial charge is 0.232 e. The van der Waals surface area contributed by atoms with E-state index in [1.807, 2.05) is 35.2 Å². The summed E-state index contributed by atoms with van der Waals surface area (Å²) in [5.41, 5.74) is 2.14. The fraction of sp³-hybridized carbons (Fsp3) is 0.286. The molecule has 0 N–H and O–H groups in total. The molecule has 138 valence electrons. The molecule has 27 heavy (non-hydrogen) atoms. The van der Waals surface area contributed by atoms with Crippen LogP contribution in [0.4, 0.5) is 0 Å². The molecule has 0 radical (unpaired) electrons. The number of carbonyl (C=O) groups excluding carboxylic acids is 1. The van der Waals surface area contributed by atoms with Gasteiger partial charge in [0.25, 0.3) is 0 Å². The molecule has 0 spiro atoms. The summed E-state index contributed by atoms with van der Waals surface area (Å²) in [4.78, 5) is 18.7. The van der Waals surface area contributed by atoms with E-state index in [-0.39, 0.29) is 11.8 Å². The summed E-state index contributed by atoms with van der Waals surface area (Å²) < 4.78 is 5.43. The Bertz CT molecular complexity index is 909. The van der Waals surface area contributed by atoms with Crippen LogP contribution in [-0.4, -0.2) is 34.0 Å². The van der Waals surface area contributed by atoms with Crippen LogP contribution in [0.5, 0.6) is 0 Å². The van der Waals surface area contributed by atoms with E-state index in [0.29, 0.717) is 29.7 Å². The van der Waals surface area contributed by atoms with Crippen molar-refractivity contribution >= 4 is 17.5 Å². The molecule has 4 rings (SSSR count). The van der Waals surface area contributed by atoms with E-state index in [2.05, 4.69) is 22.3 Å². The number of likely N-dealkylation sites (tertiary alicyclic amines) is 1. The van der Waals surface area contributed by atoms with Crippen LogP contribution in [0.1, 0.15) is 30.2 Å². The third kappa shape index (κ3) is 4.19. The molecule has 3 aromatic rings. The van der Waals surface area contributed by atoms with Gasteiger partial charge in [0.05, 0.1) is 5.92 Å². The maximum absolute atomic E-state index is 12.3. The zero-order valence-corrected chi connectivity index (χ0v) is 15.6. The fourth-order valence-corrected chi connectivity index (χ4v) is 3.52. The van der Waals surface area contributed by atoms with Gasteiger partial charge in [0, 0.05) is 30.1 Å². The number of amides is 1. The third-order valence-electron chi connectivity index (χ3n) is 4.84. The second-order valence-electron chi connectivity index (χ2n) is 6.79. The van der Waals surface area contributed by atoms with Gasteiger partial charge in [0.2, 0.25) is 17.6 Å². The minimum atomic E-state index is -0.0391. The normalized spacial score (nSPS) is 16.9. The maximum Gasteiger partial charge on any atom is 0.232 e. The molecular formula is C21H20ClN3O2. The van der Waals surface area contributed by atoms with Crippen LogP contribution in [0, 0.1) is 0 Å². The zero-order chi connectivity index (χ0) is 18.6. The van der Waals surface area contributed by atoms with E-state index < -0.39 is 0 Å². The Balaban J connectivity index is 1.35. The Morgan fingerprint density at radius 1 is 1.11 bits per heavy atom. The Labute approximate surface area is 163 Å². The highest BCUT2D eigenvalue weighted by Crippen LogP contribution is 2.29. The summed E-state index contributed by atoms with van der Waals surface area (Å²) in [7, 11) is 0. The lowest BCUT2D eigenvalue weighted by molar-refractivity contribution is -0.127. The average molecular weight is 382 g/mol. The van der Waals surface area contributed by atoms with E-state index in [9.17, 15) is 4.79 Å². The van der Waals surface area contributed by atoms with Crippen molar-refractivity contribution in [3.05, 3.63) is 71.1 Å². The molecule has 6 heteroatoms. The van der Waals surface area contributed by atoms with Crippen molar-refractivity contribution in [3.8, 4) is 11.4 Å². The fourth-order valence-electron chi connectivity index (χ4n) is 3.39. The topological polar surface area (TPSA) is 59.2 Å². The first kappa shape index (κ1) is 17.7. The number of carbonyl (C=O) groups is 1. The van der Waals surface area contributed by atoms with Gasteiger partial charge in [-0.05, 0) is 42.7 Å². The average Bonchev–Trinajstić information content (AvgIpc) is 3.31. The van der Waals surface area contributed by atoms with Crippen LogP contribution in [0.25, 0.3) is 11.4 Å². The second-order valence-corrected chi connectivity index (χ2v) is 7.23. The van der Waals surface area contributed by atoms with Crippen molar-refractivity contribution in [1.82, 2.24) is 15.0 Å². The molecule has 1 aliphatic heterocycles. The molecule has 1 amide bonds. The summed E-state index contributed by atoms with van der Waals surface area (Å²) in [6.07, 6.45) is 2.34. The number of aryl methyl sites for hydroxylation is 1. The van der Waals surface area contributed by atoms with E-state index >= 15 is 0 Å². The molecule has 1 atom stereocenters. The molecule has 0 saturated carbocycles. The number of halogens is 1. The second kappa shape index (κ2) is 7.92. The van der Waals surface area contributed by atoms with Crippen molar-refractivity contribution in [2.45, 2.75) is 25.2 Å². The number of hydrogen-bond acceptors (Lipinski definition) is 4. The molecule has 0 bridgehead atoms. The van der Waals surface area contributed by atoms with E-state index in [1.165, 1.54) is 5.56 Å². The van der Waals surface area contributed by atoms with Crippen molar-refractivity contribution < 1.29 is 9.32 Å². The summed E-state index contributed by atoms with van der Waals surface area (Å²) in [5.74, 6) is 1.16. The molecule has 2 heterocycles. The Kier molecular flexibility index (Phi) is 5.21. The van der Waals surface area contributed by atoms with E-state index in [4.69, 9.17) is 16.1 Å². The molecule has 1 aliphatic rings. The molecule has 1 aromatic heterocycles. The summed E-state index contributed by atoms with van der Waals surface area (Å²) in [5, 5.41) is 4.72. The molecule has 2 aromatic carbocycles. The first-order chi connectivity index (χ1) is 13.2. The highest BCUT2D eigenvalue weighted by molar-refractivity contribution is 6.30. The standard InChI is InChI=1S/C21H20ClN3O2/c22-18-10-8-16(9-11-18)20-23-21(27-24-20)17-13-19(26)25(14-17)12-4-7-15-5-2-1-3-6-15/h1-3,5-6,8-11,17H,4,7,12-14H2. The van der Waals surface area contributed by atoms with Crippen LogP contribution in [0.3, 0.4) is 0 Å². The molecule has 1 unspecified atom stereocenters. The number of nitrogens with zero attached hydrogens (tertiary/aromatic N) is 3. The summed E-state index contributed by atoms with van der Waals surface area (Å²) in [6, 6.07) is 17.6. The summed E-state index contributed by atoms with van der Waals surface area (Å²) in [6.45, 7) is 1.39. The van der Waals surface area contributed by atoms with Crippen LogP contribution < -0.4 is 0 Å². The molecule has 0 aliphatic carbocycles. The maximum atomic E-state index is 12.3. The Morgan fingerprint density at radius 3 is 2.67 bits per heavy atom. The van der Waals surface area contributed by atoms with Gasteiger partial charge >= 0.3 is 0 Å². The predicted molar refractivity (Wildman–Crippen MR) is 103 cm³/mol.